The van der Waals surface area contributed by atoms with Gasteiger partial charge in [0, 0.05) is 0 Å². The summed E-state index contributed by atoms with van der Waals surface area (Å²) < 4.78 is 5.85. The molecule has 8 heteroatoms. The molecule has 0 radical (unpaired) electrons. The predicted molar refractivity (Wildman–Crippen MR) is 67.9 cm³/mol. The molecule has 2 rings (SSSR count). The summed E-state index contributed by atoms with van der Waals surface area (Å²) >= 11 is 0. The molecule has 8 nitrogen and oxygen atoms in total. The van der Waals surface area contributed by atoms with Crippen LogP contribution in [-0.2, 0) is 9.53 Å². The average molecular weight is 265 g/mol. The van der Waals surface area contributed by atoms with Crippen molar-refractivity contribution in [2.24, 2.45) is 5.92 Å². The molecule has 2 N–H and O–H groups in total. The van der Waals surface area contributed by atoms with E-state index in [0.717, 1.165) is 4.52 Å². The van der Waals surface area contributed by atoms with E-state index in [2.05, 4.69) is 20.6 Å². The zero-order chi connectivity index (χ0) is 14.0. The van der Waals surface area contributed by atoms with Gasteiger partial charge in [-0.1, -0.05) is 13.8 Å². The summed E-state index contributed by atoms with van der Waals surface area (Å²) in [4.78, 5) is 23.0. The van der Waals surface area contributed by atoms with Gasteiger partial charge in [-0.15, -0.1) is 5.10 Å². The van der Waals surface area contributed by atoms with Gasteiger partial charge in [0.15, 0.2) is 5.65 Å². The van der Waals surface area contributed by atoms with E-state index < -0.39 is 11.7 Å². The lowest BCUT2D eigenvalue weighted by atomic mass is 10.0. The minimum Gasteiger partial charge on any atom is -0.467 e. The number of nitrogens with one attached hydrogen (secondary N) is 2. The average Bonchev–Trinajstić information content (AvgIpc) is 2.76. The van der Waals surface area contributed by atoms with Crippen LogP contribution in [0.1, 0.15) is 13.8 Å². The Morgan fingerprint density at radius 2 is 2.21 bits per heavy atom. The van der Waals surface area contributed by atoms with E-state index in [1.165, 1.54) is 7.11 Å². The van der Waals surface area contributed by atoms with Crippen molar-refractivity contribution in [2.75, 3.05) is 12.4 Å². The molecule has 0 saturated heterocycles. The fourth-order valence-corrected chi connectivity index (χ4v) is 1.66. The molecule has 102 valence electrons. The number of nitrogens with zero attached hydrogens (tertiary/aromatic N) is 3. The van der Waals surface area contributed by atoms with Gasteiger partial charge >= 0.3 is 11.7 Å². The van der Waals surface area contributed by atoms with Crippen LogP contribution in [0.2, 0.25) is 0 Å². The number of aromatic amines is 1. The Bertz CT molecular complexity index is 645. The molecule has 2 aromatic rings. The van der Waals surface area contributed by atoms with Gasteiger partial charge in [0.2, 0.25) is 0 Å². The molecule has 0 aromatic carbocycles. The number of anilines is 1. The highest BCUT2D eigenvalue weighted by molar-refractivity contribution is 5.79. The highest BCUT2D eigenvalue weighted by Gasteiger charge is 2.23. The van der Waals surface area contributed by atoms with Crippen LogP contribution >= 0.6 is 0 Å². The molecule has 19 heavy (non-hydrogen) atoms. The third kappa shape index (κ3) is 2.56. The first-order valence-electron chi connectivity index (χ1n) is 5.81. The second-order valence-corrected chi connectivity index (χ2v) is 4.41. The monoisotopic (exact) mass is 265 g/mol. The molecule has 0 bridgehead atoms. The van der Waals surface area contributed by atoms with E-state index in [1.54, 1.807) is 12.1 Å². The summed E-state index contributed by atoms with van der Waals surface area (Å²) in [5, 5.41) is 13.1. The number of methoxy groups -OCH3 is 1. The smallest absolute Gasteiger partial charge is 0.364 e. The largest absolute Gasteiger partial charge is 0.467 e. The molecule has 0 aliphatic rings. The number of hydrogen-bond donors (Lipinski definition) is 2. The van der Waals surface area contributed by atoms with Crippen molar-refractivity contribution in [3.8, 4) is 0 Å². The van der Waals surface area contributed by atoms with Crippen molar-refractivity contribution in [3.63, 3.8) is 0 Å². The lowest BCUT2D eigenvalue weighted by molar-refractivity contribution is -0.142. The van der Waals surface area contributed by atoms with Gasteiger partial charge in [-0.2, -0.15) is 9.61 Å². The maximum atomic E-state index is 11.6. The van der Waals surface area contributed by atoms with Crippen molar-refractivity contribution in [1.29, 1.82) is 0 Å². The molecule has 0 spiro atoms. The molecular weight excluding hydrogens is 250 g/mol. The Kier molecular flexibility index (Phi) is 3.50. The van der Waals surface area contributed by atoms with Crippen LogP contribution in [0.15, 0.2) is 16.9 Å². The zero-order valence-corrected chi connectivity index (χ0v) is 10.9. The van der Waals surface area contributed by atoms with Gasteiger partial charge < -0.3 is 10.1 Å². The van der Waals surface area contributed by atoms with Crippen LogP contribution in [0, 0.1) is 5.92 Å². The van der Waals surface area contributed by atoms with Crippen LogP contribution < -0.4 is 11.0 Å². The van der Waals surface area contributed by atoms with Crippen molar-refractivity contribution < 1.29 is 9.53 Å². The van der Waals surface area contributed by atoms with Crippen LogP contribution in [0.4, 0.5) is 5.82 Å². The SMILES string of the molecule is COC(=O)C(Nc1ccc2n[nH]c(=O)n2n1)C(C)C. The van der Waals surface area contributed by atoms with Crippen LogP contribution in [0.25, 0.3) is 5.65 Å². The molecule has 0 fully saturated rings. The van der Waals surface area contributed by atoms with Crippen molar-refractivity contribution in [1.82, 2.24) is 19.8 Å². The summed E-state index contributed by atoms with van der Waals surface area (Å²) in [5.41, 5.74) is -0.0208. The first-order chi connectivity index (χ1) is 9.02. The molecule has 1 unspecified atom stereocenters. The Hall–Kier alpha value is -2.38. The van der Waals surface area contributed by atoms with Gasteiger partial charge in [0.05, 0.1) is 7.11 Å². The highest BCUT2D eigenvalue weighted by Crippen LogP contribution is 2.11. The number of carbonyl (C=O) groups is 1. The summed E-state index contributed by atoms with van der Waals surface area (Å²) in [6.45, 7) is 3.77. The molecule has 0 aliphatic heterocycles. The summed E-state index contributed by atoms with van der Waals surface area (Å²) in [6, 6.07) is 2.74. The van der Waals surface area contributed by atoms with Gasteiger partial charge in [-0.25, -0.2) is 14.7 Å². The van der Waals surface area contributed by atoms with Crippen molar-refractivity contribution in [2.45, 2.75) is 19.9 Å². The van der Waals surface area contributed by atoms with Crippen LogP contribution in [-0.4, -0.2) is 38.9 Å². The Labute approximate surface area is 108 Å². The lowest BCUT2D eigenvalue weighted by Gasteiger charge is -2.19. The number of aromatic nitrogens is 4. The molecular formula is C11H15N5O3. The van der Waals surface area contributed by atoms with Crippen LogP contribution in [0.5, 0.6) is 0 Å². The summed E-state index contributed by atoms with van der Waals surface area (Å²) in [5.74, 6) is 0.0440. The van der Waals surface area contributed by atoms with Crippen molar-refractivity contribution >= 4 is 17.4 Å². The van der Waals surface area contributed by atoms with E-state index in [-0.39, 0.29) is 11.9 Å². The van der Waals surface area contributed by atoms with E-state index in [1.807, 2.05) is 13.8 Å². The minimum absolute atomic E-state index is 0.0195. The maximum absolute atomic E-state index is 11.6. The van der Waals surface area contributed by atoms with Gasteiger partial charge in [0.1, 0.15) is 11.9 Å². The molecule has 0 saturated carbocycles. The fraction of sp³-hybridized carbons (Fsp3) is 0.455. The topological polar surface area (TPSA) is 101 Å². The molecule has 0 aliphatic carbocycles. The Morgan fingerprint density at radius 3 is 2.84 bits per heavy atom. The maximum Gasteiger partial charge on any atom is 0.364 e. The molecule has 2 aromatic heterocycles. The number of hydrogen-bond acceptors (Lipinski definition) is 6. The third-order valence-electron chi connectivity index (χ3n) is 2.70. The van der Waals surface area contributed by atoms with E-state index in [0.29, 0.717) is 11.5 Å². The minimum atomic E-state index is -0.530. The van der Waals surface area contributed by atoms with Gasteiger partial charge in [-0.3, -0.25) is 0 Å². The van der Waals surface area contributed by atoms with Crippen molar-refractivity contribution in [3.05, 3.63) is 22.6 Å². The van der Waals surface area contributed by atoms with E-state index in [9.17, 15) is 9.59 Å². The number of H-pyrrole nitrogens is 1. The fourth-order valence-electron chi connectivity index (χ4n) is 1.66. The number of carbonyl (C=O) groups excluding carboxylic acids is 1. The van der Waals surface area contributed by atoms with Crippen LogP contribution in [0.3, 0.4) is 0 Å². The number of fused-ring (bicyclic) bond motifs is 1. The zero-order valence-electron chi connectivity index (χ0n) is 10.9. The number of rotatable bonds is 4. The lowest BCUT2D eigenvalue weighted by Crippen LogP contribution is -2.36. The quantitative estimate of drug-likeness (QED) is 0.756. The first-order valence-corrected chi connectivity index (χ1v) is 5.81. The number of ether oxygens (including phenoxy) is 1. The molecule has 2 heterocycles. The molecule has 1 atom stereocenters. The standard InChI is InChI=1S/C11H15N5O3/c1-6(2)9(10(17)19-3)12-7-4-5-8-13-14-11(18)16(8)15-7/h4-6,9H,1-3H3,(H,12,15)(H,14,18). The second kappa shape index (κ2) is 5.09. The Morgan fingerprint density at radius 1 is 1.47 bits per heavy atom. The van der Waals surface area contributed by atoms with Gasteiger partial charge in [-0.05, 0) is 18.1 Å². The normalized spacial score (nSPS) is 12.6. The predicted octanol–water partition coefficient (Wildman–Crippen LogP) is 0.0271. The van der Waals surface area contributed by atoms with Gasteiger partial charge in [0.25, 0.3) is 0 Å². The highest BCUT2D eigenvalue weighted by atomic mass is 16.5. The number of esters is 1. The van der Waals surface area contributed by atoms with E-state index >= 15 is 0 Å². The summed E-state index contributed by atoms with van der Waals surface area (Å²) in [6.07, 6.45) is 0. The first kappa shape index (κ1) is 13.1. The summed E-state index contributed by atoms with van der Waals surface area (Å²) in [7, 11) is 1.33. The molecule has 0 amide bonds. The Balaban J connectivity index is 2.31. The van der Waals surface area contributed by atoms with E-state index in [4.69, 9.17) is 4.74 Å². The third-order valence-corrected chi connectivity index (χ3v) is 2.70. The second-order valence-electron chi connectivity index (χ2n) is 4.41.